The Labute approximate surface area is 318 Å². The van der Waals surface area contributed by atoms with E-state index in [1.165, 1.54) is 18.5 Å². The second kappa shape index (κ2) is 21.8. The fourth-order valence-electron chi connectivity index (χ4n) is 5.29. The summed E-state index contributed by atoms with van der Waals surface area (Å²) in [5.41, 5.74) is 3.59. The van der Waals surface area contributed by atoms with Crippen molar-refractivity contribution < 1.29 is 46.3 Å². The summed E-state index contributed by atoms with van der Waals surface area (Å²) >= 11 is 5.74. The van der Waals surface area contributed by atoms with Crippen LogP contribution in [0.15, 0.2) is 72.8 Å². The largest absolute Gasteiger partial charge is 0.497 e. The molecule has 0 amide bonds. The molecule has 0 aromatic heterocycles. The topological polar surface area (TPSA) is 123 Å². The highest BCUT2D eigenvalue weighted by atomic mass is 35.5. The Balaban J connectivity index is 0.000000295. The van der Waals surface area contributed by atoms with Gasteiger partial charge in [0.15, 0.2) is 0 Å². The van der Waals surface area contributed by atoms with Gasteiger partial charge in [0.25, 0.3) is 0 Å². The number of nitrogens with zero attached hydrogens (tertiary/aromatic N) is 1. The van der Waals surface area contributed by atoms with Crippen LogP contribution in [0, 0.1) is 0 Å². The molecule has 290 valence electrons. The van der Waals surface area contributed by atoms with Gasteiger partial charge in [0, 0.05) is 78.6 Å². The third-order valence-corrected chi connectivity index (χ3v) is 10.3. The van der Waals surface area contributed by atoms with Gasteiger partial charge < -0.3 is 43.2 Å². The van der Waals surface area contributed by atoms with Crippen LogP contribution in [-0.2, 0) is 36.2 Å². The molecule has 53 heavy (non-hydrogen) atoms. The van der Waals surface area contributed by atoms with E-state index < -0.39 is 10.0 Å². The number of sulfonamides is 1. The first-order valence-corrected chi connectivity index (χ1v) is 18.8. The van der Waals surface area contributed by atoms with Gasteiger partial charge in [-0.25, -0.2) is 8.42 Å². The van der Waals surface area contributed by atoms with E-state index in [4.69, 9.17) is 49.5 Å². The minimum absolute atomic E-state index is 0.0482. The summed E-state index contributed by atoms with van der Waals surface area (Å²) in [6.07, 6.45) is 0.361. The van der Waals surface area contributed by atoms with Crippen molar-refractivity contribution in [1.82, 2.24) is 9.62 Å². The summed E-state index contributed by atoms with van der Waals surface area (Å²) in [6, 6.07) is 22.2. The molecule has 1 N–H and O–H groups in total. The summed E-state index contributed by atoms with van der Waals surface area (Å²) in [7, 11) is 9.21. The zero-order valence-corrected chi connectivity index (χ0v) is 33.3. The molecule has 4 rings (SSSR count). The lowest BCUT2D eigenvalue weighted by Gasteiger charge is -2.24. The summed E-state index contributed by atoms with van der Waals surface area (Å²) in [4.78, 5) is 0. The smallest absolute Gasteiger partial charge is 0.214 e. The average Bonchev–Trinajstić information content (AvgIpc) is 3.20. The third-order valence-electron chi connectivity index (χ3n) is 8.23. The van der Waals surface area contributed by atoms with Gasteiger partial charge in [-0.1, -0.05) is 24.3 Å². The van der Waals surface area contributed by atoms with Crippen LogP contribution in [0.2, 0.25) is 0 Å². The van der Waals surface area contributed by atoms with Crippen LogP contribution in [0.5, 0.6) is 46.0 Å². The molecule has 0 atom stereocenters. The standard InChI is InChI=1S/C21H28ClNO6S.C18H23NO4/c1-26-18-8-6-16(20(12-18)28-3)14-23(30(24,25)11-5-10-22)15-17-7-9-19(27-2)13-21(17)29-4;1-20-15-7-5-13(17(9-15)22-3)11-19-12-14-6-8-16(21-2)10-18(14)23-4/h6-9,12-13H,5,10-11,14-15H2,1-4H3;5-10,19H,11-12H2,1-4H3. The average molecular weight is 775 g/mol. The Hall–Kier alpha value is -4.56. The Morgan fingerprint density at radius 3 is 1.13 bits per heavy atom. The number of hydrogen-bond donors (Lipinski definition) is 1. The molecule has 0 radical (unpaired) electrons. The Morgan fingerprint density at radius 2 is 0.830 bits per heavy atom. The lowest BCUT2D eigenvalue weighted by molar-refractivity contribution is 0.358. The molecule has 0 heterocycles. The van der Waals surface area contributed by atoms with E-state index in [9.17, 15) is 8.42 Å². The lowest BCUT2D eigenvalue weighted by Crippen LogP contribution is -2.32. The maximum atomic E-state index is 13.1. The number of rotatable bonds is 20. The number of nitrogens with one attached hydrogen (secondary N) is 1. The Morgan fingerprint density at radius 1 is 0.509 bits per heavy atom. The Kier molecular flexibility index (Phi) is 17.7. The third kappa shape index (κ3) is 12.5. The predicted octanol–water partition coefficient (Wildman–Crippen LogP) is 6.69. The molecule has 14 heteroatoms. The van der Waals surface area contributed by atoms with E-state index in [1.54, 1.807) is 79.1 Å². The highest BCUT2D eigenvalue weighted by Crippen LogP contribution is 2.31. The number of benzene rings is 4. The number of ether oxygens (including phenoxy) is 8. The molecule has 4 aromatic carbocycles. The fourth-order valence-corrected chi connectivity index (χ4v) is 7.02. The van der Waals surface area contributed by atoms with Gasteiger partial charge in [-0.3, -0.25) is 0 Å². The van der Waals surface area contributed by atoms with E-state index in [0.717, 1.165) is 45.3 Å². The molecule has 0 aliphatic carbocycles. The van der Waals surface area contributed by atoms with Crippen LogP contribution < -0.4 is 43.2 Å². The van der Waals surface area contributed by atoms with Crippen LogP contribution >= 0.6 is 11.6 Å². The SMILES string of the molecule is COc1ccc(CN(Cc2ccc(OC)cc2OC)S(=O)(=O)CCCCl)c(OC)c1.COc1ccc(CNCc2ccc(OC)cc2OC)c(OC)c1. The van der Waals surface area contributed by atoms with Gasteiger partial charge in [0.05, 0.1) is 62.6 Å². The van der Waals surface area contributed by atoms with Crippen LogP contribution in [0.4, 0.5) is 0 Å². The van der Waals surface area contributed by atoms with E-state index in [2.05, 4.69) is 5.32 Å². The van der Waals surface area contributed by atoms with Crippen molar-refractivity contribution >= 4 is 21.6 Å². The van der Waals surface area contributed by atoms with Crippen molar-refractivity contribution in [3.63, 3.8) is 0 Å². The van der Waals surface area contributed by atoms with Crippen molar-refractivity contribution in [3.8, 4) is 46.0 Å². The summed E-state index contributed by atoms with van der Waals surface area (Å²) in [5, 5.41) is 3.40. The first kappa shape index (κ1) is 42.8. The van der Waals surface area contributed by atoms with Gasteiger partial charge in [-0.2, -0.15) is 4.31 Å². The fraction of sp³-hybridized carbons (Fsp3) is 0.385. The van der Waals surface area contributed by atoms with Crippen LogP contribution in [-0.4, -0.2) is 81.2 Å². The maximum Gasteiger partial charge on any atom is 0.214 e. The number of alkyl halides is 1. The van der Waals surface area contributed by atoms with Gasteiger partial charge in [-0.15, -0.1) is 11.6 Å². The molecule has 0 saturated carbocycles. The molecule has 0 aliphatic heterocycles. The zero-order chi connectivity index (χ0) is 38.8. The number of hydrogen-bond acceptors (Lipinski definition) is 11. The predicted molar refractivity (Wildman–Crippen MR) is 207 cm³/mol. The maximum absolute atomic E-state index is 13.1. The first-order valence-electron chi connectivity index (χ1n) is 16.7. The van der Waals surface area contributed by atoms with E-state index in [1.807, 2.05) is 36.4 Å². The molecular formula is C39H51ClN2O10S. The van der Waals surface area contributed by atoms with E-state index >= 15 is 0 Å². The second-order valence-electron chi connectivity index (χ2n) is 11.4. The molecule has 0 spiro atoms. The zero-order valence-electron chi connectivity index (χ0n) is 31.7. The summed E-state index contributed by atoms with van der Waals surface area (Å²) in [6.45, 7) is 1.63. The molecule has 0 fully saturated rings. The van der Waals surface area contributed by atoms with Gasteiger partial charge >= 0.3 is 0 Å². The van der Waals surface area contributed by atoms with E-state index in [-0.39, 0.29) is 24.7 Å². The van der Waals surface area contributed by atoms with E-state index in [0.29, 0.717) is 42.5 Å². The van der Waals surface area contributed by atoms with Gasteiger partial charge in [0.2, 0.25) is 10.0 Å². The molecule has 0 unspecified atom stereocenters. The van der Waals surface area contributed by atoms with Crippen LogP contribution in [0.1, 0.15) is 28.7 Å². The molecule has 12 nitrogen and oxygen atoms in total. The van der Waals surface area contributed by atoms with Gasteiger partial charge in [0.1, 0.15) is 46.0 Å². The molecule has 0 bridgehead atoms. The normalized spacial score (nSPS) is 10.9. The minimum atomic E-state index is -3.59. The second-order valence-corrected chi connectivity index (χ2v) is 13.9. The highest BCUT2D eigenvalue weighted by molar-refractivity contribution is 7.89. The van der Waals surface area contributed by atoms with Crippen molar-refractivity contribution in [2.75, 3.05) is 68.5 Å². The molecule has 0 saturated heterocycles. The first-order chi connectivity index (χ1) is 25.6. The summed E-state index contributed by atoms with van der Waals surface area (Å²) in [5.74, 6) is 5.75. The number of methoxy groups -OCH3 is 8. The minimum Gasteiger partial charge on any atom is -0.497 e. The molecule has 4 aromatic rings. The number of halogens is 1. The monoisotopic (exact) mass is 774 g/mol. The van der Waals surface area contributed by atoms with Crippen LogP contribution in [0.3, 0.4) is 0 Å². The van der Waals surface area contributed by atoms with Crippen molar-refractivity contribution in [2.24, 2.45) is 0 Å². The van der Waals surface area contributed by atoms with Crippen molar-refractivity contribution in [2.45, 2.75) is 32.6 Å². The van der Waals surface area contributed by atoms with Crippen LogP contribution in [0.25, 0.3) is 0 Å². The quantitative estimate of drug-likeness (QED) is 0.0967. The summed E-state index contributed by atoms with van der Waals surface area (Å²) < 4.78 is 70.1. The Bertz CT molecular complexity index is 1730. The molecular weight excluding hydrogens is 724 g/mol. The van der Waals surface area contributed by atoms with Gasteiger partial charge in [-0.05, 0) is 30.7 Å². The van der Waals surface area contributed by atoms with Crippen molar-refractivity contribution in [3.05, 3.63) is 95.1 Å². The van der Waals surface area contributed by atoms with Crippen molar-refractivity contribution in [1.29, 1.82) is 0 Å². The lowest BCUT2D eigenvalue weighted by atomic mass is 10.1. The molecule has 0 aliphatic rings. The highest BCUT2D eigenvalue weighted by Gasteiger charge is 2.25.